The molecule has 0 aliphatic heterocycles. The van der Waals surface area contributed by atoms with Crippen LogP contribution in [0, 0.1) is 23.2 Å². The average molecular weight is 370 g/mol. The first-order valence-electron chi connectivity index (χ1n) is 10.6. The van der Waals surface area contributed by atoms with Gasteiger partial charge in [0.15, 0.2) is 0 Å². The first kappa shape index (κ1) is 18.8. The molecule has 4 heteroatoms. The van der Waals surface area contributed by atoms with E-state index in [0.29, 0.717) is 12.5 Å². The highest BCUT2D eigenvalue weighted by Crippen LogP contribution is 2.60. The van der Waals surface area contributed by atoms with Crippen LogP contribution in [0.3, 0.4) is 0 Å². The SMILES string of the molecule is CN(C)c1ccc([C@@H](CNC(=O)C23CC4CC(CC(C4)C2)C3)N(C)C)cc1. The summed E-state index contributed by atoms with van der Waals surface area (Å²) in [7, 11) is 8.32. The van der Waals surface area contributed by atoms with Gasteiger partial charge in [-0.25, -0.2) is 0 Å². The van der Waals surface area contributed by atoms with Crippen LogP contribution in [0.25, 0.3) is 0 Å². The van der Waals surface area contributed by atoms with E-state index in [1.54, 1.807) is 0 Å². The van der Waals surface area contributed by atoms with E-state index >= 15 is 0 Å². The zero-order chi connectivity index (χ0) is 19.2. The van der Waals surface area contributed by atoms with Gasteiger partial charge in [-0.1, -0.05) is 12.1 Å². The Morgan fingerprint density at radius 2 is 1.52 bits per heavy atom. The topological polar surface area (TPSA) is 35.6 Å². The molecule has 148 valence electrons. The number of amides is 1. The van der Waals surface area contributed by atoms with Crippen LogP contribution in [0.1, 0.15) is 50.1 Å². The first-order valence-corrected chi connectivity index (χ1v) is 10.6. The van der Waals surface area contributed by atoms with Gasteiger partial charge in [0.1, 0.15) is 0 Å². The molecule has 1 N–H and O–H groups in total. The van der Waals surface area contributed by atoms with Crippen LogP contribution in [0.5, 0.6) is 0 Å². The Kier molecular flexibility index (Phi) is 4.96. The lowest BCUT2D eigenvalue weighted by Gasteiger charge is -2.55. The summed E-state index contributed by atoms with van der Waals surface area (Å²) in [5.41, 5.74) is 2.41. The maximum atomic E-state index is 13.3. The standard InChI is InChI=1S/C23H35N3O/c1-25(2)20-7-5-19(6-8-20)21(26(3)4)15-24-22(27)23-12-16-9-17(13-23)11-18(10-16)14-23/h5-8,16-18,21H,9-15H2,1-4H3,(H,24,27)/t16?,17?,18?,21-,23?/m1/s1. The van der Waals surface area contributed by atoms with Crippen molar-refractivity contribution in [2.45, 2.75) is 44.6 Å². The fraction of sp³-hybridized carbons (Fsp3) is 0.696. The predicted molar refractivity (Wildman–Crippen MR) is 111 cm³/mol. The van der Waals surface area contributed by atoms with Crippen molar-refractivity contribution >= 4 is 11.6 Å². The molecule has 4 bridgehead atoms. The zero-order valence-electron chi connectivity index (χ0n) is 17.4. The third-order valence-electron chi connectivity index (χ3n) is 7.39. The minimum atomic E-state index is -0.0552. The fourth-order valence-corrected chi connectivity index (χ4v) is 6.36. The van der Waals surface area contributed by atoms with Gasteiger partial charge in [-0.3, -0.25) is 4.79 Å². The Morgan fingerprint density at radius 3 is 1.96 bits per heavy atom. The minimum absolute atomic E-state index is 0.0552. The maximum Gasteiger partial charge on any atom is 0.226 e. The molecule has 0 spiro atoms. The Morgan fingerprint density at radius 1 is 1.00 bits per heavy atom. The largest absolute Gasteiger partial charge is 0.378 e. The summed E-state index contributed by atoms with van der Waals surface area (Å²) in [6, 6.07) is 8.91. The van der Waals surface area contributed by atoms with Gasteiger partial charge in [0.25, 0.3) is 0 Å². The number of anilines is 1. The molecule has 4 aliphatic carbocycles. The summed E-state index contributed by atoms with van der Waals surface area (Å²) in [4.78, 5) is 17.6. The molecule has 0 aromatic heterocycles. The molecule has 4 aliphatic rings. The van der Waals surface area contributed by atoms with Crippen LogP contribution in [0.4, 0.5) is 5.69 Å². The molecule has 0 radical (unpaired) electrons. The van der Waals surface area contributed by atoms with Crippen LogP contribution in [0.2, 0.25) is 0 Å². The number of carbonyl (C=O) groups is 1. The molecule has 4 nitrogen and oxygen atoms in total. The van der Waals surface area contributed by atoms with Crippen molar-refractivity contribution in [1.29, 1.82) is 0 Å². The maximum absolute atomic E-state index is 13.3. The second-order valence-corrected chi connectivity index (χ2v) is 9.87. The molecule has 1 atom stereocenters. The van der Waals surface area contributed by atoms with Crippen molar-refractivity contribution < 1.29 is 4.79 Å². The first-order chi connectivity index (χ1) is 12.9. The van der Waals surface area contributed by atoms with Gasteiger partial charge >= 0.3 is 0 Å². The van der Waals surface area contributed by atoms with Crippen LogP contribution >= 0.6 is 0 Å². The third-order valence-corrected chi connectivity index (χ3v) is 7.39. The summed E-state index contributed by atoms with van der Waals surface area (Å²) in [6.07, 6.45) is 7.54. The van der Waals surface area contributed by atoms with Crippen LogP contribution in [0.15, 0.2) is 24.3 Å². The molecule has 4 saturated carbocycles. The lowest BCUT2D eigenvalue weighted by atomic mass is 9.49. The molecule has 0 heterocycles. The normalized spacial score (nSPS) is 32.6. The number of likely N-dealkylation sites (N-methyl/N-ethyl adjacent to an activating group) is 1. The lowest BCUT2D eigenvalue weighted by molar-refractivity contribution is -0.146. The Hall–Kier alpha value is -1.55. The third kappa shape index (κ3) is 3.61. The number of carbonyl (C=O) groups excluding carboxylic acids is 1. The summed E-state index contributed by atoms with van der Waals surface area (Å²) in [6.45, 7) is 0.689. The molecule has 5 rings (SSSR count). The van der Waals surface area contributed by atoms with Gasteiger partial charge in [-0.05, 0) is 88.1 Å². The Balaban J connectivity index is 1.43. The number of nitrogens with one attached hydrogen (secondary N) is 1. The predicted octanol–water partition coefficient (Wildman–Crippen LogP) is 3.69. The number of hydrogen-bond acceptors (Lipinski definition) is 3. The van der Waals surface area contributed by atoms with Crippen molar-refractivity contribution in [2.75, 3.05) is 39.6 Å². The van der Waals surface area contributed by atoms with E-state index in [-0.39, 0.29) is 11.5 Å². The minimum Gasteiger partial charge on any atom is -0.378 e. The fourth-order valence-electron chi connectivity index (χ4n) is 6.36. The Labute approximate surface area is 164 Å². The number of rotatable bonds is 6. The van der Waals surface area contributed by atoms with Crippen molar-refractivity contribution in [3.8, 4) is 0 Å². The summed E-state index contributed by atoms with van der Waals surface area (Å²) in [5, 5.41) is 3.37. The van der Waals surface area contributed by atoms with Crippen molar-refractivity contribution in [2.24, 2.45) is 23.2 Å². The van der Waals surface area contributed by atoms with Gasteiger partial charge in [-0.15, -0.1) is 0 Å². The summed E-state index contributed by atoms with van der Waals surface area (Å²) in [5.74, 6) is 2.76. The van der Waals surface area contributed by atoms with Gasteiger partial charge < -0.3 is 15.1 Å². The van der Waals surface area contributed by atoms with E-state index in [4.69, 9.17) is 0 Å². The van der Waals surface area contributed by atoms with E-state index in [1.807, 2.05) is 0 Å². The molecule has 27 heavy (non-hydrogen) atoms. The highest BCUT2D eigenvalue weighted by atomic mass is 16.2. The molecule has 1 amide bonds. The van der Waals surface area contributed by atoms with Crippen molar-refractivity contribution in [1.82, 2.24) is 10.2 Å². The molecular formula is C23H35N3O. The van der Waals surface area contributed by atoms with Crippen LogP contribution in [-0.4, -0.2) is 45.5 Å². The quantitative estimate of drug-likeness (QED) is 0.831. The van der Waals surface area contributed by atoms with Crippen molar-refractivity contribution in [3.05, 3.63) is 29.8 Å². The molecule has 1 aromatic rings. The molecule has 1 aromatic carbocycles. The molecular weight excluding hydrogens is 334 g/mol. The number of hydrogen-bond donors (Lipinski definition) is 1. The molecule has 0 unspecified atom stereocenters. The lowest BCUT2D eigenvalue weighted by Crippen LogP contribution is -2.54. The van der Waals surface area contributed by atoms with E-state index in [0.717, 1.165) is 37.0 Å². The van der Waals surface area contributed by atoms with Crippen LogP contribution in [-0.2, 0) is 4.79 Å². The van der Waals surface area contributed by atoms with Crippen molar-refractivity contribution in [3.63, 3.8) is 0 Å². The second kappa shape index (κ2) is 7.12. The smallest absolute Gasteiger partial charge is 0.226 e. The van der Waals surface area contributed by atoms with E-state index in [9.17, 15) is 4.79 Å². The zero-order valence-corrected chi connectivity index (χ0v) is 17.4. The summed E-state index contributed by atoms with van der Waals surface area (Å²) >= 11 is 0. The molecule has 4 fully saturated rings. The van der Waals surface area contributed by atoms with Gasteiger partial charge in [0.05, 0.1) is 6.04 Å². The Bertz CT molecular complexity index is 644. The van der Waals surface area contributed by atoms with Gasteiger partial charge in [-0.2, -0.15) is 0 Å². The highest BCUT2D eigenvalue weighted by molar-refractivity contribution is 5.83. The molecule has 0 saturated heterocycles. The second-order valence-electron chi connectivity index (χ2n) is 9.87. The highest BCUT2D eigenvalue weighted by Gasteiger charge is 2.54. The van der Waals surface area contributed by atoms with Gasteiger partial charge in [0, 0.05) is 31.7 Å². The average Bonchev–Trinajstić information content (AvgIpc) is 2.60. The summed E-state index contributed by atoms with van der Waals surface area (Å²) < 4.78 is 0. The monoisotopic (exact) mass is 369 g/mol. The number of nitrogens with zero attached hydrogens (tertiary/aromatic N) is 2. The van der Waals surface area contributed by atoms with E-state index in [1.165, 1.54) is 30.5 Å². The van der Waals surface area contributed by atoms with Gasteiger partial charge in [0.2, 0.25) is 5.91 Å². The van der Waals surface area contributed by atoms with E-state index < -0.39 is 0 Å². The van der Waals surface area contributed by atoms with E-state index in [2.05, 4.69) is 67.6 Å². The van der Waals surface area contributed by atoms with Crippen LogP contribution < -0.4 is 10.2 Å². The number of benzene rings is 1.